The zero-order valence-electron chi connectivity index (χ0n) is 6.99. The molecule has 0 amide bonds. The van der Waals surface area contributed by atoms with Crippen molar-refractivity contribution in [3.63, 3.8) is 0 Å². The van der Waals surface area contributed by atoms with Crippen molar-refractivity contribution in [1.29, 1.82) is 0 Å². The fourth-order valence-corrected chi connectivity index (χ4v) is 3.08. The van der Waals surface area contributed by atoms with Crippen LogP contribution in [0.4, 0.5) is 0 Å². The van der Waals surface area contributed by atoms with Crippen LogP contribution >= 0.6 is 11.1 Å². The Morgan fingerprint density at radius 3 is 2.40 bits per heavy atom. The lowest BCUT2D eigenvalue weighted by Gasteiger charge is -2.16. The number of hydrogen-bond acceptors (Lipinski definition) is 0. The first-order valence-electron chi connectivity index (χ1n) is 4.01. The number of unbranched alkanes of at least 4 members (excludes halogenated alkanes) is 1. The summed E-state index contributed by atoms with van der Waals surface area (Å²) in [4.78, 5) is 0. The summed E-state index contributed by atoms with van der Waals surface area (Å²) < 4.78 is 0. The maximum absolute atomic E-state index is 6.31. The smallest absolute Gasteiger partial charge is 0.162 e. The minimum absolute atomic E-state index is 1.12. The molecule has 0 aliphatic heterocycles. The predicted octanol–water partition coefficient (Wildman–Crippen LogP) is 3.72. The molecule has 2 heteroatoms. The molecule has 0 aromatic rings. The summed E-state index contributed by atoms with van der Waals surface area (Å²) in [6, 6.07) is 2.32. The topological polar surface area (TPSA) is 0 Å². The van der Waals surface area contributed by atoms with E-state index in [9.17, 15) is 0 Å². The zero-order chi connectivity index (χ0) is 8.04. The Labute approximate surface area is 70.0 Å². The molecule has 0 radical (unpaired) electrons. The van der Waals surface area contributed by atoms with E-state index in [0.29, 0.717) is 0 Å². The average molecular weight is 177 g/mol. The van der Waals surface area contributed by atoms with Gasteiger partial charge in [-0.3, -0.25) is 0 Å². The molecule has 0 saturated heterocycles. The Balaban J connectivity index is 3.68. The van der Waals surface area contributed by atoms with Gasteiger partial charge < -0.3 is 0 Å². The lowest BCUT2D eigenvalue weighted by atomic mass is 10.4. The molecule has 0 aliphatic rings. The summed E-state index contributed by atoms with van der Waals surface area (Å²) in [5.41, 5.74) is 2.00. The third-order valence-corrected chi connectivity index (χ3v) is 6.82. The van der Waals surface area contributed by atoms with E-state index in [0.717, 1.165) is 6.04 Å². The molecule has 0 aromatic carbocycles. The summed E-state index contributed by atoms with van der Waals surface area (Å²) in [5, 5.41) is 0. The lowest BCUT2D eigenvalue weighted by Crippen LogP contribution is -2.21. The molecule has 0 fully saturated rings. The van der Waals surface area contributed by atoms with Crippen molar-refractivity contribution in [2.75, 3.05) is 0 Å². The summed E-state index contributed by atoms with van der Waals surface area (Å²) >= 11 is 6.31. The van der Waals surface area contributed by atoms with E-state index in [1.54, 1.807) is 0 Å². The third-order valence-electron chi connectivity index (χ3n) is 1.90. The highest BCUT2D eigenvalue weighted by atomic mass is 35.6. The molecule has 1 atom stereocenters. The van der Waals surface area contributed by atoms with E-state index in [1.165, 1.54) is 18.9 Å². The van der Waals surface area contributed by atoms with E-state index in [-0.39, 0.29) is 0 Å². The average Bonchev–Trinajstić information content (AvgIpc) is 2.00. The molecule has 60 valence electrons. The molecule has 0 aromatic heterocycles. The van der Waals surface area contributed by atoms with Gasteiger partial charge in [-0.05, 0) is 12.1 Å². The van der Waals surface area contributed by atoms with Crippen molar-refractivity contribution < 1.29 is 0 Å². The summed E-state index contributed by atoms with van der Waals surface area (Å²) in [7, 11) is -1.48. The molecular weight excluding hydrogens is 160 g/mol. The van der Waals surface area contributed by atoms with Gasteiger partial charge in [0.05, 0.1) is 0 Å². The van der Waals surface area contributed by atoms with Crippen LogP contribution < -0.4 is 0 Å². The van der Waals surface area contributed by atoms with Crippen LogP contribution in [0.5, 0.6) is 0 Å². The van der Waals surface area contributed by atoms with Gasteiger partial charge in [-0.25, -0.2) is 0 Å². The van der Waals surface area contributed by atoms with Crippen LogP contribution in [0.3, 0.4) is 0 Å². The van der Waals surface area contributed by atoms with Crippen LogP contribution in [0, 0.1) is 0 Å². The maximum atomic E-state index is 6.31. The number of rotatable bonds is 5. The maximum Gasteiger partial charge on any atom is 0.178 e. The molecule has 0 bridgehead atoms. The van der Waals surface area contributed by atoms with Crippen molar-refractivity contribution >= 4 is 18.5 Å². The second-order valence-electron chi connectivity index (χ2n) is 2.70. The standard InChI is InChI=1S/C8H17ClSi/c1-4-7-8-10(9,5-2)6-3/h5H,2,4,6-8H2,1,3H3. The highest BCUT2D eigenvalue weighted by Crippen LogP contribution is 2.23. The molecule has 10 heavy (non-hydrogen) atoms. The highest BCUT2D eigenvalue weighted by Gasteiger charge is 2.22. The predicted molar refractivity (Wildman–Crippen MR) is 52.0 cm³/mol. The molecule has 0 heterocycles. The van der Waals surface area contributed by atoms with Crippen LogP contribution in [0.1, 0.15) is 26.7 Å². The minimum Gasteiger partial charge on any atom is -0.162 e. The van der Waals surface area contributed by atoms with E-state index in [1.807, 2.05) is 5.70 Å². The van der Waals surface area contributed by atoms with Crippen LogP contribution in [0.25, 0.3) is 0 Å². The van der Waals surface area contributed by atoms with Crippen molar-refractivity contribution in [1.82, 2.24) is 0 Å². The van der Waals surface area contributed by atoms with Crippen LogP contribution in [-0.4, -0.2) is 7.38 Å². The van der Waals surface area contributed by atoms with Gasteiger partial charge in [0, 0.05) is 0 Å². The van der Waals surface area contributed by atoms with E-state index in [2.05, 4.69) is 20.4 Å². The fraction of sp³-hybridized carbons (Fsp3) is 0.750. The number of halogens is 1. The molecule has 0 rings (SSSR count). The molecule has 1 unspecified atom stereocenters. The molecular formula is C8H17ClSi. The zero-order valence-corrected chi connectivity index (χ0v) is 8.75. The van der Waals surface area contributed by atoms with Crippen LogP contribution in [-0.2, 0) is 0 Å². The Morgan fingerprint density at radius 1 is 1.50 bits per heavy atom. The van der Waals surface area contributed by atoms with Gasteiger partial charge in [0.25, 0.3) is 0 Å². The molecule has 0 spiro atoms. The van der Waals surface area contributed by atoms with Crippen LogP contribution in [0.15, 0.2) is 12.3 Å². The Hall–Kier alpha value is 0.247. The van der Waals surface area contributed by atoms with Crippen molar-refractivity contribution in [3.8, 4) is 0 Å². The Kier molecular flexibility index (Phi) is 5.09. The van der Waals surface area contributed by atoms with Gasteiger partial charge in [0.2, 0.25) is 0 Å². The second kappa shape index (κ2) is 4.97. The minimum atomic E-state index is -1.48. The van der Waals surface area contributed by atoms with Gasteiger partial charge in [-0.1, -0.05) is 32.4 Å². The highest BCUT2D eigenvalue weighted by molar-refractivity contribution is 7.23. The normalized spacial score (nSPS) is 16.3. The molecule has 0 nitrogen and oxygen atoms in total. The van der Waals surface area contributed by atoms with Crippen molar-refractivity contribution in [2.24, 2.45) is 0 Å². The van der Waals surface area contributed by atoms with Gasteiger partial charge in [-0.2, -0.15) is 11.1 Å². The summed E-state index contributed by atoms with van der Waals surface area (Å²) in [6.07, 6.45) is 2.50. The van der Waals surface area contributed by atoms with Crippen molar-refractivity contribution in [2.45, 2.75) is 38.8 Å². The van der Waals surface area contributed by atoms with E-state index < -0.39 is 7.38 Å². The van der Waals surface area contributed by atoms with Gasteiger partial charge in [0.15, 0.2) is 7.38 Å². The lowest BCUT2D eigenvalue weighted by molar-refractivity contribution is 0.871. The first-order chi connectivity index (χ1) is 4.68. The van der Waals surface area contributed by atoms with E-state index in [4.69, 9.17) is 11.1 Å². The molecule has 0 N–H and O–H groups in total. The van der Waals surface area contributed by atoms with Gasteiger partial charge >= 0.3 is 0 Å². The summed E-state index contributed by atoms with van der Waals surface area (Å²) in [6.45, 7) is 8.15. The second-order valence-corrected chi connectivity index (χ2v) is 8.64. The summed E-state index contributed by atoms with van der Waals surface area (Å²) in [5.74, 6) is 0. The van der Waals surface area contributed by atoms with Crippen molar-refractivity contribution in [3.05, 3.63) is 12.3 Å². The van der Waals surface area contributed by atoms with Crippen LogP contribution in [0.2, 0.25) is 12.1 Å². The molecule has 0 aliphatic carbocycles. The SMILES string of the molecule is C=C[Si](Cl)(CC)CCCC. The first kappa shape index (κ1) is 10.2. The first-order valence-corrected chi connectivity index (χ1v) is 7.51. The van der Waals surface area contributed by atoms with Gasteiger partial charge in [-0.15, -0.1) is 6.58 Å². The molecule has 0 saturated carbocycles. The Morgan fingerprint density at radius 2 is 2.10 bits per heavy atom. The fourth-order valence-electron chi connectivity index (χ4n) is 0.894. The largest absolute Gasteiger partial charge is 0.178 e. The quantitative estimate of drug-likeness (QED) is 0.443. The number of hydrogen-bond donors (Lipinski definition) is 0. The van der Waals surface area contributed by atoms with Gasteiger partial charge in [0.1, 0.15) is 0 Å². The third kappa shape index (κ3) is 3.42. The monoisotopic (exact) mass is 176 g/mol. The Bertz CT molecular complexity index is 103. The van der Waals surface area contributed by atoms with E-state index >= 15 is 0 Å².